The van der Waals surface area contributed by atoms with Gasteiger partial charge in [-0.2, -0.15) is 0 Å². The smallest absolute Gasteiger partial charge is 0.0358 e. The van der Waals surface area contributed by atoms with E-state index in [2.05, 4.69) is 61.8 Å². The van der Waals surface area contributed by atoms with Crippen molar-refractivity contribution < 1.29 is 0 Å². The number of fused-ring (bicyclic) bond motifs is 1. The lowest BCUT2D eigenvalue weighted by Gasteiger charge is -2.18. The third-order valence-corrected chi connectivity index (χ3v) is 4.74. The molecule has 1 atom stereocenters. The molecule has 1 heteroatoms. The number of nitrogens with one attached hydrogen (secondary N) is 1. The van der Waals surface area contributed by atoms with E-state index in [1.54, 1.807) is 11.1 Å². The molecule has 0 heterocycles. The van der Waals surface area contributed by atoms with Crippen molar-refractivity contribution in [3.8, 4) is 0 Å². The molecule has 1 aliphatic rings. The summed E-state index contributed by atoms with van der Waals surface area (Å²) in [4.78, 5) is 0. The summed E-state index contributed by atoms with van der Waals surface area (Å²) >= 11 is 0. The van der Waals surface area contributed by atoms with Gasteiger partial charge in [0.2, 0.25) is 0 Å². The lowest BCUT2D eigenvalue weighted by Crippen LogP contribution is -2.18. The zero-order chi connectivity index (χ0) is 14.7. The number of rotatable bonds is 5. The molecule has 0 aromatic heterocycles. The Bertz CT molecular complexity index is 598. The maximum atomic E-state index is 3.47. The van der Waals surface area contributed by atoms with Crippen molar-refractivity contribution in [1.29, 1.82) is 0 Å². The standard InChI is InChI=1S/C20H25N/c1-3-15-7-11-18(12-8-15)20(21-2)14-16-9-10-17-5-4-6-19(17)13-16/h7-13,20-21H,3-6,14H2,1-2H3. The van der Waals surface area contributed by atoms with E-state index < -0.39 is 0 Å². The summed E-state index contributed by atoms with van der Waals surface area (Å²) in [6, 6.07) is 16.5. The van der Waals surface area contributed by atoms with Crippen molar-refractivity contribution in [1.82, 2.24) is 5.32 Å². The molecule has 0 saturated carbocycles. The van der Waals surface area contributed by atoms with Gasteiger partial charge < -0.3 is 5.32 Å². The molecule has 1 aliphatic carbocycles. The molecule has 0 fully saturated rings. The molecule has 110 valence electrons. The van der Waals surface area contributed by atoms with Gasteiger partial charge in [-0.1, -0.05) is 49.4 Å². The first kappa shape index (κ1) is 14.3. The summed E-state index contributed by atoms with van der Waals surface area (Å²) in [5, 5.41) is 3.47. The van der Waals surface area contributed by atoms with Crippen LogP contribution < -0.4 is 5.32 Å². The molecule has 3 rings (SSSR count). The van der Waals surface area contributed by atoms with Crippen LogP contribution in [0.15, 0.2) is 42.5 Å². The van der Waals surface area contributed by atoms with Gasteiger partial charge in [0.05, 0.1) is 0 Å². The van der Waals surface area contributed by atoms with Crippen molar-refractivity contribution in [2.45, 2.75) is 45.1 Å². The van der Waals surface area contributed by atoms with Gasteiger partial charge in [-0.15, -0.1) is 0 Å². The molecule has 21 heavy (non-hydrogen) atoms. The summed E-state index contributed by atoms with van der Waals surface area (Å²) < 4.78 is 0. The molecule has 0 radical (unpaired) electrons. The largest absolute Gasteiger partial charge is 0.313 e. The Morgan fingerprint density at radius 1 is 0.952 bits per heavy atom. The predicted molar refractivity (Wildman–Crippen MR) is 89.8 cm³/mol. The maximum Gasteiger partial charge on any atom is 0.0358 e. The molecule has 0 amide bonds. The van der Waals surface area contributed by atoms with Gasteiger partial charge in [-0.25, -0.2) is 0 Å². The second kappa shape index (κ2) is 6.44. The molecule has 0 spiro atoms. The number of benzene rings is 2. The van der Waals surface area contributed by atoms with Crippen molar-refractivity contribution in [2.24, 2.45) is 0 Å². The Hall–Kier alpha value is -1.60. The average Bonchev–Trinajstić information content (AvgIpc) is 3.00. The second-order valence-electron chi connectivity index (χ2n) is 6.10. The monoisotopic (exact) mass is 279 g/mol. The molecule has 2 aromatic carbocycles. The van der Waals surface area contributed by atoms with Crippen LogP contribution >= 0.6 is 0 Å². The van der Waals surface area contributed by atoms with Crippen molar-refractivity contribution in [3.63, 3.8) is 0 Å². The Balaban J connectivity index is 1.77. The Morgan fingerprint density at radius 3 is 2.38 bits per heavy atom. The molecular formula is C20H25N. The van der Waals surface area contributed by atoms with Gasteiger partial charge in [0.1, 0.15) is 0 Å². The van der Waals surface area contributed by atoms with Gasteiger partial charge in [-0.05, 0) is 67.0 Å². The molecule has 2 aromatic rings. The van der Waals surface area contributed by atoms with Gasteiger partial charge in [-0.3, -0.25) is 0 Å². The minimum Gasteiger partial charge on any atom is -0.313 e. The van der Waals surface area contributed by atoms with E-state index in [-0.39, 0.29) is 0 Å². The molecule has 1 N–H and O–H groups in total. The first-order valence-electron chi connectivity index (χ1n) is 8.17. The van der Waals surface area contributed by atoms with Gasteiger partial charge in [0, 0.05) is 6.04 Å². The fourth-order valence-electron chi connectivity index (χ4n) is 3.36. The van der Waals surface area contributed by atoms with E-state index in [4.69, 9.17) is 0 Å². The summed E-state index contributed by atoms with van der Waals surface area (Å²) in [6.07, 6.45) is 6.03. The molecule has 1 unspecified atom stereocenters. The van der Waals surface area contributed by atoms with Crippen LogP contribution in [-0.2, 0) is 25.7 Å². The second-order valence-corrected chi connectivity index (χ2v) is 6.10. The van der Waals surface area contributed by atoms with Gasteiger partial charge >= 0.3 is 0 Å². The number of aryl methyl sites for hydroxylation is 3. The van der Waals surface area contributed by atoms with E-state index >= 15 is 0 Å². The van der Waals surface area contributed by atoms with Crippen molar-refractivity contribution in [2.75, 3.05) is 7.05 Å². The summed E-state index contributed by atoms with van der Waals surface area (Å²) in [5.74, 6) is 0. The van der Waals surface area contributed by atoms with E-state index in [0.717, 1.165) is 12.8 Å². The fraction of sp³-hybridized carbons (Fsp3) is 0.400. The number of likely N-dealkylation sites (N-methyl/N-ethyl adjacent to an activating group) is 1. The minimum absolute atomic E-state index is 0.398. The zero-order valence-corrected chi connectivity index (χ0v) is 13.2. The van der Waals surface area contributed by atoms with Gasteiger partial charge in [0.25, 0.3) is 0 Å². The average molecular weight is 279 g/mol. The third kappa shape index (κ3) is 3.19. The highest BCUT2D eigenvalue weighted by molar-refractivity contribution is 5.36. The summed E-state index contributed by atoms with van der Waals surface area (Å²) in [7, 11) is 2.06. The first-order chi connectivity index (χ1) is 10.3. The van der Waals surface area contributed by atoms with Crippen LogP contribution in [0.3, 0.4) is 0 Å². The number of hydrogen-bond acceptors (Lipinski definition) is 1. The van der Waals surface area contributed by atoms with Crippen LogP contribution in [0.1, 0.15) is 47.2 Å². The molecule has 0 aliphatic heterocycles. The Morgan fingerprint density at radius 2 is 1.67 bits per heavy atom. The van der Waals surface area contributed by atoms with Gasteiger partial charge in [0.15, 0.2) is 0 Å². The highest BCUT2D eigenvalue weighted by atomic mass is 14.9. The van der Waals surface area contributed by atoms with E-state index in [0.29, 0.717) is 6.04 Å². The van der Waals surface area contributed by atoms with Crippen molar-refractivity contribution in [3.05, 3.63) is 70.3 Å². The highest BCUT2D eigenvalue weighted by Gasteiger charge is 2.14. The van der Waals surface area contributed by atoms with Crippen molar-refractivity contribution >= 4 is 0 Å². The Kier molecular flexibility index (Phi) is 4.40. The summed E-state index contributed by atoms with van der Waals surface area (Å²) in [6.45, 7) is 2.20. The highest BCUT2D eigenvalue weighted by Crippen LogP contribution is 2.25. The molecule has 0 saturated heterocycles. The van der Waals surface area contributed by atoms with Crippen LogP contribution in [0, 0.1) is 0 Å². The van der Waals surface area contributed by atoms with Crippen LogP contribution in [0.25, 0.3) is 0 Å². The minimum atomic E-state index is 0.398. The van der Waals surface area contributed by atoms with Crippen LogP contribution in [-0.4, -0.2) is 7.05 Å². The van der Waals surface area contributed by atoms with Crippen LogP contribution in [0.4, 0.5) is 0 Å². The predicted octanol–water partition coefficient (Wildman–Crippen LogP) is 4.24. The number of hydrogen-bond donors (Lipinski definition) is 1. The first-order valence-corrected chi connectivity index (χ1v) is 8.17. The Labute approximate surface area is 128 Å². The maximum absolute atomic E-state index is 3.47. The fourth-order valence-corrected chi connectivity index (χ4v) is 3.36. The molecular weight excluding hydrogens is 254 g/mol. The SMILES string of the molecule is CCc1ccc(C(Cc2ccc3c(c2)CCC3)NC)cc1. The lowest BCUT2D eigenvalue weighted by molar-refractivity contribution is 0.591. The van der Waals surface area contributed by atoms with E-state index in [1.165, 1.54) is 36.0 Å². The van der Waals surface area contributed by atoms with Crippen LogP contribution in [0.5, 0.6) is 0 Å². The van der Waals surface area contributed by atoms with Crippen LogP contribution in [0.2, 0.25) is 0 Å². The molecule has 1 nitrogen and oxygen atoms in total. The van der Waals surface area contributed by atoms with E-state index in [1.807, 2.05) is 0 Å². The zero-order valence-electron chi connectivity index (χ0n) is 13.2. The van der Waals surface area contributed by atoms with E-state index in [9.17, 15) is 0 Å². The summed E-state index contributed by atoms with van der Waals surface area (Å²) in [5.41, 5.74) is 7.38. The lowest BCUT2D eigenvalue weighted by atomic mass is 9.96. The third-order valence-electron chi connectivity index (χ3n) is 4.74. The molecule has 0 bridgehead atoms. The topological polar surface area (TPSA) is 12.0 Å². The quantitative estimate of drug-likeness (QED) is 0.863. The normalized spacial score (nSPS) is 15.0.